The molecule has 2 heterocycles. The number of anilines is 1. The lowest BCUT2D eigenvalue weighted by Crippen LogP contribution is -2.23. The quantitative estimate of drug-likeness (QED) is 0.667. The van der Waals surface area contributed by atoms with Crippen LogP contribution in [0.1, 0.15) is 70.6 Å². The van der Waals surface area contributed by atoms with Gasteiger partial charge in [0.1, 0.15) is 5.65 Å². The van der Waals surface area contributed by atoms with Gasteiger partial charge in [0.05, 0.1) is 11.3 Å². The zero-order chi connectivity index (χ0) is 20.5. The highest BCUT2D eigenvalue weighted by atomic mass is 19.4. The van der Waals surface area contributed by atoms with Gasteiger partial charge in [-0.2, -0.15) is 13.2 Å². The molecule has 1 N–H and O–H groups in total. The van der Waals surface area contributed by atoms with Crippen LogP contribution in [-0.4, -0.2) is 15.3 Å². The van der Waals surface area contributed by atoms with E-state index in [-0.39, 0.29) is 11.3 Å². The second kappa shape index (κ2) is 7.76. The minimum absolute atomic E-state index is 0.00475. The Bertz CT molecular complexity index is 848. The van der Waals surface area contributed by atoms with Crippen LogP contribution in [0.4, 0.5) is 19.0 Å². The first-order chi connectivity index (χ1) is 13.1. The van der Waals surface area contributed by atoms with Crippen molar-refractivity contribution in [2.24, 2.45) is 11.3 Å². The van der Waals surface area contributed by atoms with Gasteiger partial charge in [-0.3, -0.25) is 4.79 Å². The predicted molar refractivity (Wildman–Crippen MR) is 103 cm³/mol. The maximum atomic E-state index is 13.1. The van der Waals surface area contributed by atoms with Crippen molar-refractivity contribution in [2.45, 2.75) is 71.9 Å². The monoisotopic (exact) mass is 395 g/mol. The summed E-state index contributed by atoms with van der Waals surface area (Å²) in [4.78, 5) is 17.0. The molecule has 1 fully saturated rings. The van der Waals surface area contributed by atoms with E-state index in [2.05, 4.69) is 31.1 Å². The fourth-order valence-corrected chi connectivity index (χ4v) is 3.99. The largest absolute Gasteiger partial charge is 0.417 e. The van der Waals surface area contributed by atoms with Crippen molar-refractivity contribution in [3.8, 4) is 0 Å². The molecule has 154 valence electrons. The Morgan fingerprint density at radius 1 is 1.29 bits per heavy atom. The molecule has 3 rings (SSSR count). The summed E-state index contributed by atoms with van der Waals surface area (Å²) in [6, 6.07) is 2.38. The van der Waals surface area contributed by atoms with Crippen molar-refractivity contribution >= 4 is 17.4 Å². The van der Waals surface area contributed by atoms with Gasteiger partial charge in [-0.05, 0) is 49.1 Å². The van der Waals surface area contributed by atoms with Crippen LogP contribution in [0.25, 0.3) is 5.65 Å². The number of carbonyl (C=O) groups excluding carboxylic acids is 1. The van der Waals surface area contributed by atoms with Crippen LogP contribution in [0.15, 0.2) is 18.3 Å². The number of pyridine rings is 1. The fourth-order valence-electron chi connectivity index (χ4n) is 3.99. The molecule has 1 amide bonds. The highest BCUT2D eigenvalue weighted by Crippen LogP contribution is 2.40. The summed E-state index contributed by atoms with van der Waals surface area (Å²) in [5.74, 6) is 0.651. The summed E-state index contributed by atoms with van der Waals surface area (Å²) in [5, 5.41) is 2.88. The van der Waals surface area contributed by atoms with Crippen LogP contribution in [-0.2, 0) is 17.4 Å². The van der Waals surface area contributed by atoms with Gasteiger partial charge in [0.15, 0.2) is 5.82 Å². The van der Waals surface area contributed by atoms with Gasteiger partial charge in [-0.1, -0.05) is 33.6 Å². The Morgan fingerprint density at radius 2 is 1.96 bits per heavy atom. The number of fused-ring (bicyclic) bond motifs is 1. The topological polar surface area (TPSA) is 46.4 Å². The van der Waals surface area contributed by atoms with Gasteiger partial charge in [0.25, 0.3) is 0 Å². The summed E-state index contributed by atoms with van der Waals surface area (Å²) in [7, 11) is 0. The molecule has 0 unspecified atom stereocenters. The zero-order valence-corrected chi connectivity index (χ0v) is 16.7. The van der Waals surface area contributed by atoms with Crippen LogP contribution < -0.4 is 5.32 Å². The number of nitrogens with zero attached hydrogens (tertiary/aromatic N) is 2. The zero-order valence-electron chi connectivity index (χ0n) is 16.7. The lowest BCUT2D eigenvalue weighted by atomic mass is 9.85. The smallest absolute Gasteiger partial charge is 0.309 e. The minimum Gasteiger partial charge on any atom is -0.309 e. The third-order valence-corrected chi connectivity index (χ3v) is 5.66. The number of halogens is 3. The van der Waals surface area contributed by atoms with Crippen molar-refractivity contribution in [3.63, 3.8) is 0 Å². The van der Waals surface area contributed by atoms with E-state index in [1.165, 1.54) is 10.5 Å². The van der Waals surface area contributed by atoms with E-state index in [0.717, 1.165) is 44.4 Å². The van der Waals surface area contributed by atoms with Crippen molar-refractivity contribution in [1.82, 2.24) is 9.38 Å². The summed E-state index contributed by atoms with van der Waals surface area (Å²) in [5.41, 5.74) is 0.318. The van der Waals surface area contributed by atoms with Crippen molar-refractivity contribution < 1.29 is 18.0 Å². The Balaban J connectivity index is 1.91. The Kier molecular flexibility index (Phi) is 5.73. The van der Waals surface area contributed by atoms with E-state index >= 15 is 0 Å². The second-order valence-electron chi connectivity index (χ2n) is 8.73. The molecule has 4 nitrogen and oxygen atoms in total. The number of carbonyl (C=O) groups is 1. The molecule has 0 atom stereocenters. The van der Waals surface area contributed by atoms with Gasteiger partial charge >= 0.3 is 6.18 Å². The molecule has 0 saturated heterocycles. The molecule has 2 aromatic heterocycles. The first-order valence-electron chi connectivity index (χ1n) is 9.95. The molecule has 1 aliphatic carbocycles. The Morgan fingerprint density at radius 3 is 2.57 bits per heavy atom. The number of alkyl halides is 3. The number of nitrogens with one attached hydrogen (secondary N) is 1. The van der Waals surface area contributed by atoms with Gasteiger partial charge in [0.2, 0.25) is 5.91 Å². The third kappa shape index (κ3) is 4.67. The summed E-state index contributed by atoms with van der Waals surface area (Å²) < 4.78 is 40.9. The standard InChI is InChI=1S/C21H28F3N3O/c1-14(2)6-8-16-19(26-18(28)12-20(3)10-4-5-11-20)25-17-9-7-15(13-27(16)17)21(22,23)24/h7,9,13-14H,4-6,8,10-12H2,1-3H3,(H,26,28). The molecule has 2 aromatic rings. The normalized spacial score (nSPS) is 16.8. The van der Waals surface area contributed by atoms with E-state index in [9.17, 15) is 18.0 Å². The maximum absolute atomic E-state index is 13.1. The molecule has 0 radical (unpaired) electrons. The van der Waals surface area contributed by atoms with E-state index in [1.807, 2.05) is 0 Å². The van der Waals surface area contributed by atoms with Crippen LogP contribution in [0, 0.1) is 11.3 Å². The van der Waals surface area contributed by atoms with Gasteiger partial charge < -0.3 is 9.72 Å². The molecule has 1 aliphatic rings. The van der Waals surface area contributed by atoms with E-state index in [0.29, 0.717) is 35.9 Å². The van der Waals surface area contributed by atoms with Gasteiger partial charge in [-0.25, -0.2) is 4.98 Å². The molecule has 28 heavy (non-hydrogen) atoms. The number of aromatic nitrogens is 2. The first-order valence-corrected chi connectivity index (χ1v) is 9.95. The molecule has 0 spiro atoms. The number of amides is 1. The summed E-state index contributed by atoms with van der Waals surface area (Å²) in [6.07, 6.45) is 2.74. The Hall–Kier alpha value is -2.05. The lowest BCUT2D eigenvalue weighted by Gasteiger charge is -2.22. The minimum atomic E-state index is -4.42. The molecular formula is C21H28F3N3O. The number of imidazole rings is 1. The average Bonchev–Trinajstić information content (AvgIpc) is 3.14. The van der Waals surface area contributed by atoms with E-state index in [1.54, 1.807) is 0 Å². The molecule has 0 aromatic carbocycles. The number of hydrogen-bond donors (Lipinski definition) is 1. The van der Waals surface area contributed by atoms with E-state index < -0.39 is 11.7 Å². The Labute approximate surface area is 163 Å². The van der Waals surface area contributed by atoms with Crippen molar-refractivity contribution in [3.05, 3.63) is 29.6 Å². The highest BCUT2D eigenvalue weighted by molar-refractivity contribution is 5.91. The number of hydrogen-bond acceptors (Lipinski definition) is 2. The summed E-state index contributed by atoms with van der Waals surface area (Å²) >= 11 is 0. The third-order valence-electron chi connectivity index (χ3n) is 5.66. The van der Waals surface area contributed by atoms with Gasteiger partial charge in [-0.15, -0.1) is 0 Å². The number of rotatable bonds is 6. The highest BCUT2D eigenvalue weighted by Gasteiger charge is 2.33. The maximum Gasteiger partial charge on any atom is 0.417 e. The van der Waals surface area contributed by atoms with Crippen LogP contribution in [0.3, 0.4) is 0 Å². The SMILES string of the molecule is CC(C)CCc1c(NC(=O)CC2(C)CCCC2)nc2ccc(C(F)(F)F)cn12. The predicted octanol–water partition coefficient (Wildman–Crippen LogP) is 5.85. The molecule has 0 aliphatic heterocycles. The fraction of sp³-hybridized carbons (Fsp3) is 0.619. The van der Waals surface area contributed by atoms with Crippen LogP contribution >= 0.6 is 0 Å². The van der Waals surface area contributed by atoms with Crippen LogP contribution in [0.5, 0.6) is 0 Å². The van der Waals surface area contributed by atoms with Gasteiger partial charge in [0, 0.05) is 12.6 Å². The molecule has 7 heteroatoms. The first kappa shape index (κ1) is 20.7. The molecular weight excluding hydrogens is 367 g/mol. The van der Waals surface area contributed by atoms with Crippen LogP contribution in [0.2, 0.25) is 0 Å². The summed E-state index contributed by atoms with van der Waals surface area (Å²) in [6.45, 7) is 6.24. The second-order valence-corrected chi connectivity index (χ2v) is 8.73. The number of aryl methyl sites for hydroxylation is 1. The molecule has 0 bridgehead atoms. The van der Waals surface area contributed by atoms with Crippen molar-refractivity contribution in [1.29, 1.82) is 0 Å². The lowest BCUT2D eigenvalue weighted by molar-refractivity contribution is -0.137. The molecule has 1 saturated carbocycles. The average molecular weight is 395 g/mol. The van der Waals surface area contributed by atoms with Crippen molar-refractivity contribution in [2.75, 3.05) is 5.32 Å². The van der Waals surface area contributed by atoms with E-state index in [4.69, 9.17) is 0 Å².